The van der Waals surface area contributed by atoms with Crippen LogP contribution in [-0.4, -0.2) is 31.3 Å². The van der Waals surface area contributed by atoms with E-state index < -0.39 is 0 Å². The normalized spacial score (nSPS) is 1.50. The molecule has 0 aromatic carbocycles. The molecule has 22 valence electrons. The van der Waals surface area contributed by atoms with Gasteiger partial charge in [0.1, 0.15) is 0 Å². The fourth-order valence-electron chi connectivity index (χ4n) is 0. The molecule has 4 heteroatoms. The van der Waals surface area contributed by atoms with Crippen molar-refractivity contribution in [2.75, 3.05) is 0 Å². The Hall–Kier alpha value is 1.25. The quantitative estimate of drug-likeness (QED) is 0.428. The van der Waals surface area contributed by atoms with E-state index in [1.807, 2.05) is 0 Å². The molecule has 4 heavy (non-hydrogen) atoms. The Morgan fingerprint density at radius 2 is 1.25 bits per heavy atom. The van der Waals surface area contributed by atoms with Crippen LogP contribution in [0, 0.1) is 0 Å². The summed E-state index contributed by atoms with van der Waals surface area (Å²) in [5, 5.41) is 0. The van der Waals surface area contributed by atoms with Gasteiger partial charge in [0.05, 0.1) is 0 Å². The summed E-state index contributed by atoms with van der Waals surface area (Å²) in [5.41, 5.74) is 0. The second-order valence-electron chi connectivity index (χ2n) is 0. The Morgan fingerprint density at radius 3 is 1.25 bits per heavy atom. The molecule has 0 aromatic heterocycles. The third-order valence-corrected chi connectivity index (χ3v) is 0. The fourth-order valence-corrected chi connectivity index (χ4v) is 0. The monoisotopic (exact) mass is 216 g/mol. The van der Waals surface area contributed by atoms with Crippen LogP contribution in [-0.2, 0) is 21.8 Å². The van der Waals surface area contributed by atoms with E-state index in [-0.39, 0.29) is 49.6 Å². The Morgan fingerprint density at radius 1 is 1.25 bits per heavy atom. The van der Waals surface area contributed by atoms with Crippen molar-refractivity contribution in [1.29, 1.82) is 0 Å². The summed E-state index contributed by atoms with van der Waals surface area (Å²) in [5.74, 6) is 0. The van der Waals surface area contributed by atoms with Crippen LogP contribution in [0.5, 0.6) is 0 Å². The van der Waals surface area contributed by atoms with E-state index in [0.717, 1.165) is 0 Å². The first-order valence-corrected chi connectivity index (χ1v) is 1.50. The molecular weight excluding hydrogens is 212 g/mol. The first-order chi connectivity index (χ1) is 1.00. The summed E-state index contributed by atoms with van der Waals surface area (Å²) in [6, 6.07) is 0. The molecule has 0 bridgehead atoms. The SMILES string of the molecule is O.[InH3].[O]=[Zn]. The van der Waals surface area contributed by atoms with Crippen LogP contribution in [0.25, 0.3) is 0 Å². The number of hydrogen-bond donors (Lipinski definition) is 0. The van der Waals surface area contributed by atoms with Crippen molar-refractivity contribution in [3.05, 3.63) is 0 Å². The molecule has 0 amide bonds. The van der Waals surface area contributed by atoms with E-state index in [1.54, 1.807) is 0 Å². The maximum absolute atomic E-state index is 8.38. The van der Waals surface area contributed by atoms with Gasteiger partial charge in [0.25, 0.3) is 0 Å². The fraction of sp³-hybridized carbons (Fsp3) is 0. The molecule has 0 aliphatic heterocycles. The van der Waals surface area contributed by atoms with Crippen molar-refractivity contribution < 1.29 is 27.3 Å². The van der Waals surface area contributed by atoms with Gasteiger partial charge in [-0.25, -0.2) is 0 Å². The number of hydrogen-bond acceptors (Lipinski definition) is 1. The average Bonchev–Trinajstić information content (AvgIpc) is 1.00. The van der Waals surface area contributed by atoms with Crippen LogP contribution in [0.1, 0.15) is 0 Å². The number of rotatable bonds is 0. The van der Waals surface area contributed by atoms with Gasteiger partial charge in [0, 0.05) is 0 Å². The van der Waals surface area contributed by atoms with Gasteiger partial charge in [-0.1, -0.05) is 0 Å². The van der Waals surface area contributed by atoms with Crippen LogP contribution in [0.3, 0.4) is 0 Å². The van der Waals surface area contributed by atoms with Crippen molar-refractivity contribution >= 4 is 25.8 Å². The molecule has 0 fully saturated rings. The van der Waals surface area contributed by atoms with Gasteiger partial charge in [0.2, 0.25) is 0 Å². The van der Waals surface area contributed by atoms with Crippen LogP contribution in [0.2, 0.25) is 0 Å². The predicted octanol–water partition coefficient (Wildman–Crippen LogP) is -2.13. The molecule has 0 unspecified atom stereocenters. The molecule has 0 aliphatic rings. The molecule has 0 aliphatic carbocycles. The van der Waals surface area contributed by atoms with Gasteiger partial charge in [-0.3, -0.25) is 0 Å². The molecular formula is H5InO2Zn. The molecule has 0 aromatic rings. The van der Waals surface area contributed by atoms with E-state index in [9.17, 15) is 0 Å². The standard InChI is InChI=1S/In.H2O.O.Zn.3H/h;1H2;;;;;. The first-order valence-electron chi connectivity index (χ1n) is 0.289. The zero-order valence-corrected chi connectivity index (χ0v) is 4.58. The summed E-state index contributed by atoms with van der Waals surface area (Å²) in [7, 11) is 0. The molecule has 2 N–H and O–H groups in total. The van der Waals surface area contributed by atoms with E-state index in [2.05, 4.69) is 0 Å². The summed E-state index contributed by atoms with van der Waals surface area (Å²) < 4.78 is 8.38. The average molecular weight is 217 g/mol. The minimum absolute atomic E-state index is 0. The molecule has 0 atom stereocenters. The van der Waals surface area contributed by atoms with E-state index in [0.29, 0.717) is 0 Å². The third-order valence-electron chi connectivity index (χ3n) is 0. The van der Waals surface area contributed by atoms with Crippen molar-refractivity contribution in [1.82, 2.24) is 0 Å². The van der Waals surface area contributed by atoms with E-state index >= 15 is 0 Å². The summed E-state index contributed by atoms with van der Waals surface area (Å²) in [6.07, 6.45) is 0. The first kappa shape index (κ1) is 18.7. The minimum atomic E-state index is 0. The third kappa shape index (κ3) is 10.5. The van der Waals surface area contributed by atoms with Crippen molar-refractivity contribution in [2.45, 2.75) is 0 Å². The van der Waals surface area contributed by atoms with Gasteiger partial charge >= 0.3 is 47.7 Å². The molecule has 0 heterocycles. The summed E-state index contributed by atoms with van der Waals surface area (Å²) in [4.78, 5) is 0. The zero-order valence-electron chi connectivity index (χ0n) is 1.62. The molecule has 2 nitrogen and oxygen atoms in total. The van der Waals surface area contributed by atoms with Crippen LogP contribution >= 0.6 is 0 Å². The maximum atomic E-state index is 8.38. The van der Waals surface area contributed by atoms with E-state index in [1.165, 1.54) is 0 Å². The Balaban J connectivity index is -0.00000000500. The predicted molar refractivity (Wildman–Crippen MR) is 14.2 cm³/mol. The van der Waals surface area contributed by atoms with Gasteiger partial charge in [-0.2, -0.15) is 0 Å². The van der Waals surface area contributed by atoms with Gasteiger partial charge in [-0.15, -0.1) is 0 Å². The van der Waals surface area contributed by atoms with Gasteiger partial charge in [0.15, 0.2) is 0 Å². The van der Waals surface area contributed by atoms with Crippen LogP contribution in [0.4, 0.5) is 0 Å². The Labute approximate surface area is 53.0 Å². The zero-order chi connectivity index (χ0) is 2.00. The molecule has 0 rings (SSSR count). The Kier molecular flexibility index (Phi) is 134. The van der Waals surface area contributed by atoms with Crippen LogP contribution in [0.15, 0.2) is 0 Å². The molecule has 0 saturated heterocycles. The summed E-state index contributed by atoms with van der Waals surface area (Å²) >= 11 is 0.125. The van der Waals surface area contributed by atoms with Crippen LogP contribution < -0.4 is 0 Å². The van der Waals surface area contributed by atoms with E-state index in [4.69, 9.17) is 3.57 Å². The van der Waals surface area contributed by atoms with Crippen molar-refractivity contribution in [3.63, 3.8) is 0 Å². The Bertz CT molecular complexity index is 6.00. The molecule has 0 spiro atoms. The van der Waals surface area contributed by atoms with Gasteiger partial charge in [-0.05, 0) is 0 Å². The molecule has 0 radical (unpaired) electrons. The topological polar surface area (TPSA) is 48.6 Å². The van der Waals surface area contributed by atoms with Crippen molar-refractivity contribution in [3.8, 4) is 0 Å². The van der Waals surface area contributed by atoms with Gasteiger partial charge < -0.3 is 5.48 Å². The molecule has 0 saturated carbocycles. The second kappa shape index (κ2) is 28.7. The summed E-state index contributed by atoms with van der Waals surface area (Å²) in [6.45, 7) is 0. The van der Waals surface area contributed by atoms with Crippen molar-refractivity contribution in [2.24, 2.45) is 0 Å². The second-order valence-corrected chi connectivity index (χ2v) is 0.